The van der Waals surface area contributed by atoms with Crippen LogP contribution in [0.4, 0.5) is 5.69 Å². The van der Waals surface area contributed by atoms with Crippen molar-refractivity contribution in [1.29, 1.82) is 0 Å². The molecule has 0 aliphatic rings. The molecule has 0 fully saturated rings. The van der Waals surface area contributed by atoms with Crippen LogP contribution in [0.15, 0.2) is 46.2 Å². The van der Waals surface area contributed by atoms with Crippen LogP contribution in [0, 0.1) is 5.41 Å². The molecule has 45 heavy (non-hydrogen) atoms. The van der Waals surface area contributed by atoms with Crippen LogP contribution < -0.4 is 14.2 Å². The highest BCUT2D eigenvalue weighted by Crippen LogP contribution is 2.39. The Bertz CT molecular complexity index is 1300. The molecular weight excluding hydrogens is 607 g/mol. The number of hydrogen-bond donors (Lipinski definition) is 1. The number of ether oxygens (including phenoxy) is 2. The van der Waals surface area contributed by atoms with Crippen molar-refractivity contribution >= 4 is 26.8 Å². The molecule has 0 heterocycles. The van der Waals surface area contributed by atoms with E-state index < -0.39 is 21.1 Å². The van der Waals surface area contributed by atoms with Crippen molar-refractivity contribution in [2.24, 2.45) is 5.41 Å². The van der Waals surface area contributed by atoms with Crippen LogP contribution in [-0.2, 0) is 26.5 Å². The van der Waals surface area contributed by atoms with Crippen molar-refractivity contribution in [3.63, 3.8) is 0 Å². The maximum Gasteiger partial charge on any atom is 0.265 e. The quantitative estimate of drug-likeness (QED) is 0.0992. The second-order valence-corrected chi connectivity index (χ2v) is 16.6. The summed E-state index contributed by atoms with van der Waals surface area (Å²) in [6.45, 7) is 15.9. The minimum absolute atomic E-state index is 0.0387. The Morgan fingerprint density at radius 3 is 1.78 bits per heavy atom. The van der Waals surface area contributed by atoms with Gasteiger partial charge in [-0.2, -0.15) is 0 Å². The summed E-state index contributed by atoms with van der Waals surface area (Å²) in [4.78, 5) is -0.0399. The molecule has 256 valence electrons. The Hall–Kier alpha value is -2.10. The third-order valence-electron chi connectivity index (χ3n) is 7.87. The molecule has 0 amide bonds. The molecule has 1 atom stereocenters. The molecule has 0 saturated heterocycles. The summed E-state index contributed by atoms with van der Waals surface area (Å²) in [7, 11) is -4.13. The molecule has 0 aliphatic heterocycles. The summed E-state index contributed by atoms with van der Waals surface area (Å²) < 4.78 is 66.4. The van der Waals surface area contributed by atoms with Crippen molar-refractivity contribution in [3.8, 4) is 11.5 Å². The Morgan fingerprint density at radius 1 is 0.733 bits per heavy atom. The lowest BCUT2D eigenvalue weighted by Gasteiger charge is -2.33. The van der Waals surface area contributed by atoms with Gasteiger partial charge >= 0.3 is 0 Å². The van der Waals surface area contributed by atoms with Crippen LogP contribution in [0.2, 0.25) is 0 Å². The van der Waals surface area contributed by atoms with Crippen molar-refractivity contribution < 1.29 is 26.7 Å². The third kappa shape index (κ3) is 14.1. The average molecular weight is 665 g/mol. The molecule has 1 N–H and O–H groups in total. The van der Waals surface area contributed by atoms with Gasteiger partial charge in [0.05, 0.1) is 23.8 Å². The molecule has 0 aliphatic carbocycles. The summed E-state index contributed by atoms with van der Waals surface area (Å²) in [5.74, 6) is 0.506. The monoisotopic (exact) mass is 664 g/mol. The van der Waals surface area contributed by atoms with Crippen LogP contribution in [0.25, 0.3) is 0 Å². The number of anilines is 1. The van der Waals surface area contributed by atoms with E-state index in [1.165, 1.54) is 56.7 Å². The first-order valence-electron chi connectivity index (χ1n) is 16.9. The zero-order valence-electron chi connectivity index (χ0n) is 28.8. The highest BCUT2D eigenvalue weighted by molar-refractivity contribution is 7.92. The second kappa shape index (κ2) is 18.9. The van der Waals surface area contributed by atoms with Gasteiger partial charge in [0.15, 0.2) is 0 Å². The molecule has 7 nitrogen and oxygen atoms in total. The van der Waals surface area contributed by atoms with E-state index in [1.807, 2.05) is 6.07 Å². The third-order valence-corrected chi connectivity index (χ3v) is 9.95. The average Bonchev–Trinajstić information content (AvgIpc) is 2.95. The first-order valence-corrected chi connectivity index (χ1v) is 19.4. The normalized spacial score (nSPS) is 13.1. The summed E-state index contributed by atoms with van der Waals surface area (Å²) in [6, 6.07) is 9.77. The molecular formula is C36H58NO6S2-. The molecule has 0 aromatic heterocycles. The van der Waals surface area contributed by atoms with Gasteiger partial charge in [-0.05, 0) is 77.1 Å². The van der Waals surface area contributed by atoms with Gasteiger partial charge in [-0.1, -0.05) is 119 Å². The fraction of sp³-hybridized carbons (Fsp3) is 0.667. The van der Waals surface area contributed by atoms with Gasteiger partial charge in [-0.15, -0.1) is 0 Å². The number of hydrogen-bond acceptors (Lipinski definition) is 6. The Balaban J connectivity index is 2.29. The predicted octanol–water partition coefficient (Wildman–Crippen LogP) is 9.92. The molecule has 1 unspecified atom stereocenters. The summed E-state index contributed by atoms with van der Waals surface area (Å²) in [6.07, 6.45) is 14.0. The van der Waals surface area contributed by atoms with E-state index in [-0.39, 0.29) is 37.8 Å². The van der Waals surface area contributed by atoms with Gasteiger partial charge in [-0.3, -0.25) is 8.93 Å². The van der Waals surface area contributed by atoms with Gasteiger partial charge in [0, 0.05) is 0 Å². The fourth-order valence-corrected chi connectivity index (χ4v) is 7.58. The van der Waals surface area contributed by atoms with Gasteiger partial charge in [-0.25, -0.2) is 8.42 Å². The van der Waals surface area contributed by atoms with E-state index in [1.54, 1.807) is 12.1 Å². The molecule has 2 aromatic rings. The standard InChI is InChI=1S/C36H59NO6S2/c1-8-10-12-14-16-18-24-42-31-23-21-30(27-33(31)44(38)39)37-45(40,41)34-26-29(36(6,7)28-35(3,4)5)20-22-32(34)43-25-19-17-15-13-11-9-2/h20-23,26-27,37H,8-19,24-25,28H2,1-7H3,(H,38,39)/p-1. The van der Waals surface area contributed by atoms with E-state index >= 15 is 0 Å². The maximum absolute atomic E-state index is 13.9. The molecule has 9 heteroatoms. The van der Waals surface area contributed by atoms with Crippen LogP contribution in [0.3, 0.4) is 0 Å². The summed E-state index contributed by atoms with van der Waals surface area (Å²) >= 11 is -2.61. The molecule has 2 aromatic carbocycles. The van der Waals surface area contributed by atoms with E-state index in [0.29, 0.717) is 13.2 Å². The van der Waals surface area contributed by atoms with E-state index in [2.05, 4.69) is 53.2 Å². The molecule has 0 saturated carbocycles. The van der Waals surface area contributed by atoms with Crippen LogP contribution >= 0.6 is 0 Å². The minimum Gasteiger partial charge on any atom is -0.768 e. The largest absolute Gasteiger partial charge is 0.768 e. The molecule has 0 spiro atoms. The van der Waals surface area contributed by atoms with Crippen molar-refractivity contribution in [3.05, 3.63) is 42.0 Å². The Kier molecular flexibility index (Phi) is 16.4. The summed E-state index contributed by atoms with van der Waals surface area (Å²) in [5.41, 5.74) is 0.783. The number of nitrogens with one attached hydrogen (secondary N) is 1. The number of benzene rings is 2. The van der Waals surface area contributed by atoms with Gasteiger partial charge in [0.25, 0.3) is 10.0 Å². The molecule has 0 radical (unpaired) electrons. The lowest BCUT2D eigenvalue weighted by molar-refractivity contribution is 0.281. The van der Waals surface area contributed by atoms with Crippen LogP contribution in [-0.4, -0.2) is 30.4 Å². The highest BCUT2D eigenvalue weighted by atomic mass is 32.2. The maximum atomic E-state index is 13.9. The SMILES string of the molecule is CCCCCCCCOc1ccc(NS(=O)(=O)c2cc(C(C)(C)CC(C)(C)C)ccc2OCCCCCCCC)cc1S(=O)[O-]. The van der Waals surface area contributed by atoms with Crippen LogP contribution in [0.1, 0.15) is 138 Å². The van der Waals surface area contributed by atoms with E-state index in [0.717, 1.165) is 50.5 Å². The lowest BCUT2D eigenvalue weighted by Crippen LogP contribution is -2.25. The smallest absolute Gasteiger partial charge is 0.265 e. The zero-order chi connectivity index (χ0) is 33.5. The van der Waals surface area contributed by atoms with Gasteiger partial charge in [0.1, 0.15) is 16.4 Å². The molecule has 0 bridgehead atoms. The number of unbranched alkanes of at least 4 members (excludes halogenated alkanes) is 10. The first-order chi connectivity index (χ1) is 21.2. The lowest BCUT2D eigenvalue weighted by atomic mass is 9.72. The Labute approximate surface area is 276 Å². The van der Waals surface area contributed by atoms with E-state index in [9.17, 15) is 17.2 Å². The van der Waals surface area contributed by atoms with Gasteiger partial charge in [0.2, 0.25) is 0 Å². The van der Waals surface area contributed by atoms with Crippen molar-refractivity contribution in [2.45, 2.75) is 147 Å². The van der Waals surface area contributed by atoms with Crippen molar-refractivity contribution in [2.75, 3.05) is 17.9 Å². The Morgan fingerprint density at radius 2 is 1.24 bits per heavy atom. The fourth-order valence-electron chi connectivity index (χ4n) is 5.85. The predicted molar refractivity (Wildman–Crippen MR) is 186 cm³/mol. The molecule has 2 rings (SSSR count). The number of sulfonamides is 1. The number of rotatable bonds is 22. The highest BCUT2D eigenvalue weighted by Gasteiger charge is 2.30. The van der Waals surface area contributed by atoms with Crippen LogP contribution in [0.5, 0.6) is 11.5 Å². The summed E-state index contributed by atoms with van der Waals surface area (Å²) in [5, 5.41) is 0. The van der Waals surface area contributed by atoms with E-state index in [4.69, 9.17) is 9.47 Å². The topological polar surface area (TPSA) is 105 Å². The van der Waals surface area contributed by atoms with Gasteiger partial charge < -0.3 is 14.0 Å². The van der Waals surface area contributed by atoms with Crippen molar-refractivity contribution in [1.82, 2.24) is 0 Å². The second-order valence-electron chi connectivity index (χ2n) is 14.0. The first kappa shape index (κ1) is 39.1. The zero-order valence-corrected chi connectivity index (χ0v) is 30.5. The minimum atomic E-state index is -4.13.